The van der Waals surface area contributed by atoms with Crippen LogP contribution >= 0.6 is 0 Å². The van der Waals surface area contributed by atoms with Gasteiger partial charge in [0.2, 0.25) is 0 Å². The van der Waals surface area contributed by atoms with E-state index < -0.39 is 18.3 Å². The Labute approximate surface area is 86.8 Å². The molecule has 1 aliphatic rings. The summed E-state index contributed by atoms with van der Waals surface area (Å²) in [5.74, 6) is 0. The molecule has 2 unspecified atom stereocenters. The molecule has 90 valence electrons. The van der Waals surface area contributed by atoms with Crippen molar-refractivity contribution in [3.05, 3.63) is 0 Å². The highest BCUT2D eigenvalue weighted by molar-refractivity contribution is 4.89. The van der Waals surface area contributed by atoms with Crippen LogP contribution in [0.15, 0.2) is 0 Å². The molecule has 0 saturated carbocycles. The first-order valence-corrected chi connectivity index (χ1v) is 4.90. The lowest BCUT2D eigenvalue weighted by Gasteiger charge is -2.44. The van der Waals surface area contributed by atoms with E-state index in [0.717, 1.165) is 0 Å². The highest BCUT2D eigenvalue weighted by Gasteiger charge is 2.48. The van der Waals surface area contributed by atoms with Gasteiger partial charge in [-0.1, -0.05) is 0 Å². The lowest BCUT2D eigenvalue weighted by Crippen LogP contribution is -2.61. The number of hydrogen-bond donors (Lipinski definition) is 1. The quantitative estimate of drug-likeness (QED) is 0.764. The van der Waals surface area contributed by atoms with E-state index in [0.29, 0.717) is 0 Å². The smallest absolute Gasteiger partial charge is 0.395 e. The minimum absolute atomic E-state index is 0.154. The highest BCUT2D eigenvalue weighted by atomic mass is 19.4. The van der Waals surface area contributed by atoms with Gasteiger partial charge >= 0.3 is 6.18 Å². The number of aliphatic hydroxyl groups excluding tert-OH is 1. The molecule has 0 bridgehead atoms. The van der Waals surface area contributed by atoms with Gasteiger partial charge in [-0.25, -0.2) is 0 Å². The summed E-state index contributed by atoms with van der Waals surface area (Å²) in [6, 6.07) is -2.44. The van der Waals surface area contributed by atoms with E-state index >= 15 is 0 Å². The fourth-order valence-electron chi connectivity index (χ4n) is 1.93. The van der Waals surface area contributed by atoms with Crippen LogP contribution in [0.25, 0.3) is 0 Å². The Morgan fingerprint density at radius 2 is 2.00 bits per heavy atom. The fourth-order valence-corrected chi connectivity index (χ4v) is 1.93. The Hall–Kier alpha value is -0.330. The molecule has 1 rings (SSSR count). The second-order valence-electron chi connectivity index (χ2n) is 3.97. The van der Waals surface area contributed by atoms with E-state index in [1.54, 1.807) is 13.8 Å². The van der Waals surface area contributed by atoms with Gasteiger partial charge < -0.3 is 9.84 Å². The number of nitrogens with zero attached hydrogens (tertiary/aromatic N) is 1. The molecule has 1 heterocycles. The van der Waals surface area contributed by atoms with E-state index in [-0.39, 0.29) is 25.9 Å². The molecule has 0 aromatic carbocycles. The number of ether oxygens (including phenoxy) is 1. The summed E-state index contributed by atoms with van der Waals surface area (Å²) in [5, 5.41) is 9.00. The Balaban J connectivity index is 2.84. The summed E-state index contributed by atoms with van der Waals surface area (Å²) in [7, 11) is 0. The van der Waals surface area contributed by atoms with Crippen LogP contribution in [0, 0.1) is 0 Å². The van der Waals surface area contributed by atoms with Crippen molar-refractivity contribution >= 4 is 0 Å². The van der Waals surface area contributed by atoms with Crippen molar-refractivity contribution in [3.8, 4) is 0 Å². The maximum absolute atomic E-state index is 12.7. The summed E-state index contributed by atoms with van der Waals surface area (Å²) in [6.45, 7) is 2.86. The molecule has 15 heavy (non-hydrogen) atoms. The highest BCUT2D eigenvalue weighted by Crippen LogP contribution is 2.30. The van der Waals surface area contributed by atoms with E-state index in [9.17, 15) is 13.2 Å². The van der Waals surface area contributed by atoms with E-state index in [2.05, 4.69) is 0 Å². The summed E-state index contributed by atoms with van der Waals surface area (Å²) in [5.41, 5.74) is 0. The zero-order valence-corrected chi connectivity index (χ0v) is 8.79. The van der Waals surface area contributed by atoms with Crippen molar-refractivity contribution in [3.63, 3.8) is 0 Å². The number of alkyl halides is 3. The van der Waals surface area contributed by atoms with Crippen LogP contribution in [-0.4, -0.2) is 54.1 Å². The Bertz CT molecular complexity index is 208. The van der Waals surface area contributed by atoms with E-state index in [1.165, 1.54) is 4.90 Å². The monoisotopic (exact) mass is 227 g/mol. The Kier molecular flexibility index (Phi) is 3.97. The second-order valence-corrected chi connectivity index (χ2v) is 3.97. The zero-order valence-electron chi connectivity index (χ0n) is 8.79. The van der Waals surface area contributed by atoms with Gasteiger partial charge in [-0.3, -0.25) is 4.90 Å². The zero-order chi connectivity index (χ0) is 11.6. The molecule has 1 aliphatic heterocycles. The Morgan fingerprint density at radius 3 is 2.40 bits per heavy atom. The SMILES string of the molecule is CC(C)N1C(CO)COCC1C(F)(F)F. The first-order chi connectivity index (χ1) is 6.88. The van der Waals surface area contributed by atoms with Crippen molar-refractivity contribution in [2.75, 3.05) is 19.8 Å². The summed E-state index contributed by atoms with van der Waals surface area (Å²) >= 11 is 0. The third-order valence-electron chi connectivity index (χ3n) is 2.55. The normalized spacial score (nSPS) is 29.8. The van der Waals surface area contributed by atoms with Crippen LogP contribution in [0.2, 0.25) is 0 Å². The third kappa shape index (κ3) is 2.83. The molecule has 0 aliphatic carbocycles. The molecule has 1 fully saturated rings. The summed E-state index contributed by atoms with van der Waals surface area (Å²) < 4.78 is 42.8. The van der Waals surface area contributed by atoms with Crippen molar-refractivity contribution in [1.82, 2.24) is 4.90 Å². The Morgan fingerprint density at radius 1 is 1.40 bits per heavy atom. The minimum Gasteiger partial charge on any atom is -0.395 e. The summed E-state index contributed by atoms with van der Waals surface area (Å²) in [6.07, 6.45) is -4.31. The van der Waals surface area contributed by atoms with Crippen molar-refractivity contribution in [2.45, 2.75) is 38.1 Å². The van der Waals surface area contributed by atoms with Crippen LogP contribution in [0.5, 0.6) is 0 Å². The fraction of sp³-hybridized carbons (Fsp3) is 1.00. The van der Waals surface area contributed by atoms with Crippen molar-refractivity contribution in [2.24, 2.45) is 0 Å². The summed E-state index contributed by atoms with van der Waals surface area (Å²) in [4.78, 5) is 1.28. The number of halogens is 3. The second kappa shape index (κ2) is 4.67. The average Bonchev–Trinajstić information content (AvgIpc) is 2.15. The van der Waals surface area contributed by atoms with Gasteiger partial charge in [0.1, 0.15) is 6.04 Å². The average molecular weight is 227 g/mol. The standard InChI is InChI=1S/C9H16F3NO2/c1-6(2)13-7(3-14)4-15-5-8(13)9(10,11)12/h6-8,14H,3-5H2,1-2H3. The molecule has 0 aromatic rings. The van der Waals surface area contributed by atoms with Crippen LogP contribution < -0.4 is 0 Å². The topological polar surface area (TPSA) is 32.7 Å². The molecule has 6 heteroatoms. The molecular formula is C9H16F3NO2. The maximum Gasteiger partial charge on any atom is 0.406 e. The predicted molar refractivity (Wildman–Crippen MR) is 48.5 cm³/mol. The molecule has 0 aromatic heterocycles. The van der Waals surface area contributed by atoms with Gasteiger partial charge in [0.25, 0.3) is 0 Å². The van der Waals surface area contributed by atoms with Gasteiger partial charge in [-0.15, -0.1) is 0 Å². The molecular weight excluding hydrogens is 211 g/mol. The molecule has 3 nitrogen and oxygen atoms in total. The lowest BCUT2D eigenvalue weighted by molar-refractivity contribution is -0.231. The molecule has 0 radical (unpaired) electrons. The van der Waals surface area contributed by atoms with Crippen LogP contribution in [0.1, 0.15) is 13.8 Å². The van der Waals surface area contributed by atoms with Crippen LogP contribution in [0.4, 0.5) is 13.2 Å². The number of aliphatic hydroxyl groups is 1. The lowest BCUT2D eigenvalue weighted by atomic mass is 10.1. The first kappa shape index (κ1) is 12.7. The number of morpholine rings is 1. The largest absolute Gasteiger partial charge is 0.406 e. The van der Waals surface area contributed by atoms with E-state index in [4.69, 9.17) is 9.84 Å². The van der Waals surface area contributed by atoms with Crippen molar-refractivity contribution in [1.29, 1.82) is 0 Å². The molecule has 0 spiro atoms. The molecule has 1 N–H and O–H groups in total. The van der Waals surface area contributed by atoms with Gasteiger partial charge in [0, 0.05) is 6.04 Å². The van der Waals surface area contributed by atoms with Gasteiger partial charge in [0.05, 0.1) is 25.9 Å². The van der Waals surface area contributed by atoms with Crippen LogP contribution in [0.3, 0.4) is 0 Å². The first-order valence-electron chi connectivity index (χ1n) is 4.90. The van der Waals surface area contributed by atoms with E-state index in [1.807, 2.05) is 0 Å². The van der Waals surface area contributed by atoms with Crippen LogP contribution in [-0.2, 0) is 4.74 Å². The molecule has 1 saturated heterocycles. The number of rotatable bonds is 2. The number of hydrogen-bond acceptors (Lipinski definition) is 3. The van der Waals surface area contributed by atoms with Crippen molar-refractivity contribution < 1.29 is 23.0 Å². The third-order valence-corrected chi connectivity index (χ3v) is 2.55. The van der Waals surface area contributed by atoms with Gasteiger partial charge in [0.15, 0.2) is 0 Å². The molecule has 2 atom stereocenters. The predicted octanol–water partition coefficient (Wildman–Crippen LogP) is 1.02. The van der Waals surface area contributed by atoms with Gasteiger partial charge in [-0.05, 0) is 13.8 Å². The van der Waals surface area contributed by atoms with Gasteiger partial charge in [-0.2, -0.15) is 13.2 Å². The molecule has 0 amide bonds. The minimum atomic E-state index is -4.31. The maximum atomic E-state index is 12.7.